The zero-order valence-corrected chi connectivity index (χ0v) is 18.2. The number of hydrogen-bond acceptors (Lipinski definition) is 4. The van der Waals surface area contributed by atoms with Crippen LogP contribution in [-0.2, 0) is 19.6 Å². The third-order valence-electron chi connectivity index (χ3n) is 5.88. The molecule has 28 heavy (non-hydrogen) atoms. The van der Waals surface area contributed by atoms with E-state index in [-0.39, 0.29) is 17.9 Å². The first-order valence-electron chi connectivity index (χ1n) is 10.1. The molecule has 7 heteroatoms. The monoisotopic (exact) mass is 408 g/mol. The van der Waals surface area contributed by atoms with Crippen LogP contribution in [0.1, 0.15) is 42.4 Å². The van der Waals surface area contributed by atoms with E-state index in [9.17, 15) is 13.2 Å². The van der Waals surface area contributed by atoms with Crippen molar-refractivity contribution in [3.05, 3.63) is 28.8 Å². The lowest BCUT2D eigenvalue weighted by Crippen LogP contribution is -2.45. The van der Waals surface area contributed by atoms with Gasteiger partial charge in [-0.3, -0.25) is 4.79 Å². The maximum atomic E-state index is 13.2. The lowest BCUT2D eigenvalue weighted by atomic mass is 9.96. The van der Waals surface area contributed by atoms with Crippen molar-refractivity contribution in [2.45, 2.75) is 57.5 Å². The Hall–Kier alpha value is -1.44. The van der Waals surface area contributed by atoms with E-state index in [0.29, 0.717) is 37.4 Å². The van der Waals surface area contributed by atoms with E-state index in [1.54, 1.807) is 9.21 Å². The molecule has 1 amide bonds. The van der Waals surface area contributed by atoms with Crippen LogP contribution in [0.4, 0.5) is 0 Å². The molecule has 0 spiro atoms. The SMILES string of the molecule is Cc1cc(C)c(S(=O)(=O)N2CCC(C(=O)N(C)CC3CCCO3)CC2)c(C)c1. The number of benzene rings is 1. The van der Waals surface area contributed by atoms with E-state index < -0.39 is 10.0 Å². The molecule has 2 fully saturated rings. The van der Waals surface area contributed by atoms with Gasteiger partial charge >= 0.3 is 0 Å². The van der Waals surface area contributed by atoms with Gasteiger partial charge in [-0.15, -0.1) is 0 Å². The maximum Gasteiger partial charge on any atom is 0.243 e. The minimum absolute atomic E-state index is 0.107. The molecule has 1 aromatic rings. The van der Waals surface area contributed by atoms with Gasteiger partial charge in [-0.1, -0.05) is 17.7 Å². The minimum Gasteiger partial charge on any atom is -0.376 e. The van der Waals surface area contributed by atoms with Gasteiger partial charge in [0.05, 0.1) is 11.0 Å². The molecule has 3 rings (SSSR count). The average molecular weight is 409 g/mol. The van der Waals surface area contributed by atoms with Crippen LogP contribution in [0.5, 0.6) is 0 Å². The van der Waals surface area contributed by atoms with Gasteiger partial charge in [0, 0.05) is 39.2 Å². The van der Waals surface area contributed by atoms with Crippen LogP contribution < -0.4 is 0 Å². The second kappa shape index (κ2) is 8.51. The van der Waals surface area contributed by atoms with Gasteiger partial charge in [-0.25, -0.2) is 8.42 Å². The molecule has 1 aromatic carbocycles. The van der Waals surface area contributed by atoms with Gasteiger partial charge in [-0.05, 0) is 57.6 Å². The quantitative estimate of drug-likeness (QED) is 0.751. The Morgan fingerprint density at radius 3 is 2.29 bits per heavy atom. The molecule has 2 aliphatic heterocycles. The molecule has 0 saturated carbocycles. The fourth-order valence-corrected chi connectivity index (χ4v) is 6.42. The van der Waals surface area contributed by atoms with E-state index in [4.69, 9.17) is 4.74 Å². The zero-order valence-electron chi connectivity index (χ0n) is 17.4. The number of hydrogen-bond donors (Lipinski definition) is 0. The van der Waals surface area contributed by atoms with Gasteiger partial charge in [-0.2, -0.15) is 4.31 Å². The lowest BCUT2D eigenvalue weighted by Gasteiger charge is -2.33. The summed E-state index contributed by atoms with van der Waals surface area (Å²) in [6.07, 6.45) is 3.34. The number of ether oxygens (including phenoxy) is 1. The number of likely N-dealkylation sites (N-methyl/N-ethyl adjacent to an activating group) is 1. The van der Waals surface area contributed by atoms with Crippen molar-refractivity contribution in [3.63, 3.8) is 0 Å². The fourth-order valence-electron chi connectivity index (χ4n) is 4.54. The maximum absolute atomic E-state index is 13.2. The van der Waals surface area contributed by atoms with Gasteiger partial charge < -0.3 is 9.64 Å². The predicted molar refractivity (Wildman–Crippen MR) is 109 cm³/mol. The van der Waals surface area contributed by atoms with Crippen LogP contribution in [0.25, 0.3) is 0 Å². The molecule has 0 radical (unpaired) electrons. The van der Waals surface area contributed by atoms with Crippen molar-refractivity contribution in [1.82, 2.24) is 9.21 Å². The number of carbonyl (C=O) groups excluding carboxylic acids is 1. The molecule has 0 aromatic heterocycles. The fraction of sp³-hybridized carbons (Fsp3) is 0.667. The molecule has 0 N–H and O–H groups in total. The van der Waals surface area contributed by atoms with Crippen LogP contribution in [-0.4, -0.2) is 62.9 Å². The highest BCUT2D eigenvalue weighted by Gasteiger charge is 2.35. The second-order valence-corrected chi connectivity index (χ2v) is 10.1. The Morgan fingerprint density at radius 2 is 1.75 bits per heavy atom. The van der Waals surface area contributed by atoms with Crippen molar-refractivity contribution < 1.29 is 17.9 Å². The minimum atomic E-state index is -3.54. The summed E-state index contributed by atoms with van der Waals surface area (Å²) in [5.41, 5.74) is 2.63. The van der Waals surface area contributed by atoms with Gasteiger partial charge in [0.2, 0.25) is 15.9 Å². The summed E-state index contributed by atoms with van der Waals surface area (Å²) in [5.74, 6) is -0.00619. The Balaban J connectivity index is 1.63. The van der Waals surface area contributed by atoms with Gasteiger partial charge in [0.25, 0.3) is 0 Å². The zero-order chi connectivity index (χ0) is 20.5. The third kappa shape index (κ3) is 4.42. The van der Waals surface area contributed by atoms with Crippen LogP contribution in [0, 0.1) is 26.7 Å². The first-order chi connectivity index (χ1) is 13.2. The predicted octanol–water partition coefficient (Wildman–Crippen LogP) is 2.65. The average Bonchev–Trinajstić information content (AvgIpc) is 3.13. The van der Waals surface area contributed by atoms with Crippen molar-refractivity contribution >= 4 is 15.9 Å². The van der Waals surface area contributed by atoms with E-state index in [0.717, 1.165) is 36.1 Å². The molecule has 0 aliphatic carbocycles. The summed E-state index contributed by atoms with van der Waals surface area (Å²) >= 11 is 0. The molecule has 0 bridgehead atoms. The lowest BCUT2D eigenvalue weighted by molar-refractivity contribution is -0.136. The first-order valence-corrected chi connectivity index (χ1v) is 11.6. The topological polar surface area (TPSA) is 66.9 Å². The van der Waals surface area contributed by atoms with Crippen molar-refractivity contribution in [2.24, 2.45) is 5.92 Å². The summed E-state index contributed by atoms with van der Waals surface area (Å²) in [5, 5.41) is 0. The highest BCUT2D eigenvalue weighted by molar-refractivity contribution is 7.89. The summed E-state index contributed by atoms with van der Waals surface area (Å²) in [4.78, 5) is 14.9. The number of sulfonamides is 1. The molecule has 2 heterocycles. The van der Waals surface area contributed by atoms with E-state index in [1.807, 2.05) is 40.0 Å². The van der Waals surface area contributed by atoms with Gasteiger partial charge in [0.15, 0.2) is 0 Å². The summed E-state index contributed by atoms with van der Waals surface area (Å²) in [6.45, 7) is 7.85. The molecule has 2 aliphatic rings. The van der Waals surface area contributed by atoms with Crippen LogP contribution in [0.15, 0.2) is 17.0 Å². The molecular formula is C21H32N2O4S. The molecule has 1 unspecified atom stereocenters. The van der Waals surface area contributed by atoms with Crippen LogP contribution >= 0.6 is 0 Å². The number of amides is 1. The van der Waals surface area contributed by atoms with E-state index >= 15 is 0 Å². The summed E-state index contributed by atoms with van der Waals surface area (Å²) in [7, 11) is -1.71. The molecular weight excluding hydrogens is 376 g/mol. The normalized spacial score (nSPS) is 21.8. The van der Waals surface area contributed by atoms with E-state index in [1.165, 1.54) is 0 Å². The number of carbonyl (C=O) groups is 1. The smallest absolute Gasteiger partial charge is 0.243 e. The highest BCUT2D eigenvalue weighted by Crippen LogP contribution is 2.29. The molecule has 2 saturated heterocycles. The Labute approximate surface area is 168 Å². The Kier molecular flexibility index (Phi) is 6.47. The number of rotatable bonds is 5. The number of piperidine rings is 1. The standard InChI is InChI=1S/C21H32N2O4S/c1-15-12-16(2)20(17(3)13-15)28(25,26)23-9-7-18(8-10-23)21(24)22(4)14-19-6-5-11-27-19/h12-13,18-19H,5-11,14H2,1-4H3. The third-order valence-corrected chi connectivity index (χ3v) is 8.09. The van der Waals surface area contributed by atoms with Crippen molar-refractivity contribution in [2.75, 3.05) is 33.3 Å². The second-order valence-electron chi connectivity index (χ2n) is 8.26. The van der Waals surface area contributed by atoms with Crippen LogP contribution in [0.2, 0.25) is 0 Å². The Bertz CT molecular complexity index is 800. The number of nitrogens with zero attached hydrogens (tertiary/aromatic N) is 2. The van der Waals surface area contributed by atoms with Crippen molar-refractivity contribution in [1.29, 1.82) is 0 Å². The molecule has 156 valence electrons. The first kappa shape index (κ1) is 21.3. The van der Waals surface area contributed by atoms with E-state index in [2.05, 4.69) is 0 Å². The Morgan fingerprint density at radius 1 is 1.14 bits per heavy atom. The highest BCUT2D eigenvalue weighted by atomic mass is 32.2. The van der Waals surface area contributed by atoms with Crippen molar-refractivity contribution in [3.8, 4) is 0 Å². The molecule has 6 nitrogen and oxygen atoms in total. The molecule has 1 atom stereocenters. The largest absolute Gasteiger partial charge is 0.376 e. The number of aryl methyl sites for hydroxylation is 3. The van der Waals surface area contributed by atoms with Gasteiger partial charge in [0.1, 0.15) is 0 Å². The summed E-state index contributed by atoms with van der Waals surface area (Å²) < 4.78 is 33.6. The summed E-state index contributed by atoms with van der Waals surface area (Å²) in [6, 6.07) is 3.83. The van der Waals surface area contributed by atoms with Crippen LogP contribution in [0.3, 0.4) is 0 Å².